The average Bonchev–Trinajstić information content (AvgIpc) is 2.82. The highest BCUT2D eigenvalue weighted by molar-refractivity contribution is 7.27. The van der Waals surface area contributed by atoms with Gasteiger partial charge >= 0.3 is 5.97 Å². The standard InChI is InChI=1S/C13H15NO3S2/c1-13(2,3)10(12(16)17)14-11(15)9-6-8-7(19-9)4-5-18-8/h4-6,10H,1-3H3,(H,14,15)(H,16,17). The Balaban J connectivity index is 2.20. The average molecular weight is 297 g/mol. The molecule has 0 spiro atoms. The van der Waals surface area contributed by atoms with Crippen molar-refractivity contribution in [1.82, 2.24) is 5.32 Å². The van der Waals surface area contributed by atoms with Gasteiger partial charge in [-0.1, -0.05) is 20.8 Å². The lowest BCUT2D eigenvalue weighted by molar-refractivity contribution is -0.142. The molecule has 0 bridgehead atoms. The molecule has 1 atom stereocenters. The molecule has 0 saturated heterocycles. The van der Waals surface area contributed by atoms with Crippen LogP contribution in [0.2, 0.25) is 0 Å². The van der Waals surface area contributed by atoms with Gasteiger partial charge in [0.05, 0.1) is 4.88 Å². The number of carbonyl (C=O) groups excluding carboxylic acids is 1. The van der Waals surface area contributed by atoms with Crippen LogP contribution in [0.25, 0.3) is 9.40 Å². The minimum Gasteiger partial charge on any atom is -0.480 e. The maximum Gasteiger partial charge on any atom is 0.326 e. The van der Waals surface area contributed by atoms with E-state index >= 15 is 0 Å². The van der Waals surface area contributed by atoms with Crippen LogP contribution >= 0.6 is 22.7 Å². The van der Waals surface area contributed by atoms with Crippen molar-refractivity contribution in [2.45, 2.75) is 26.8 Å². The first kappa shape index (κ1) is 14.0. The van der Waals surface area contributed by atoms with Crippen LogP contribution in [0.3, 0.4) is 0 Å². The van der Waals surface area contributed by atoms with Crippen molar-refractivity contribution in [3.8, 4) is 0 Å². The third kappa shape index (κ3) is 2.96. The summed E-state index contributed by atoms with van der Waals surface area (Å²) in [6.07, 6.45) is 0. The molecule has 2 heterocycles. The highest BCUT2D eigenvalue weighted by atomic mass is 32.1. The lowest BCUT2D eigenvalue weighted by Crippen LogP contribution is -2.48. The third-order valence-electron chi connectivity index (χ3n) is 2.75. The molecule has 0 saturated carbocycles. The molecule has 0 radical (unpaired) electrons. The highest BCUT2D eigenvalue weighted by Gasteiger charge is 2.33. The number of thiophene rings is 2. The Morgan fingerprint density at radius 3 is 2.53 bits per heavy atom. The van der Waals surface area contributed by atoms with E-state index in [1.165, 1.54) is 11.3 Å². The Bertz CT molecular complexity index is 593. The second-order valence-electron chi connectivity index (χ2n) is 5.37. The number of hydrogen-bond acceptors (Lipinski definition) is 4. The number of fused-ring (bicyclic) bond motifs is 1. The largest absolute Gasteiger partial charge is 0.480 e. The predicted molar refractivity (Wildman–Crippen MR) is 78.0 cm³/mol. The molecule has 6 heteroatoms. The van der Waals surface area contributed by atoms with Crippen molar-refractivity contribution < 1.29 is 14.7 Å². The van der Waals surface area contributed by atoms with E-state index in [2.05, 4.69) is 5.32 Å². The Kier molecular flexibility index (Phi) is 3.64. The van der Waals surface area contributed by atoms with E-state index < -0.39 is 17.4 Å². The molecule has 4 nitrogen and oxygen atoms in total. The zero-order chi connectivity index (χ0) is 14.2. The number of nitrogens with one attached hydrogen (secondary N) is 1. The van der Waals surface area contributed by atoms with E-state index in [9.17, 15) is 14.7 Å². The number of carbonyl (C=O) groups is 2. The Hall–Kier alpha value is -1.40. The van der Waals surface area contributed by atoms with Crippen molar-refractivity contribution in [2.24, 2.45) is 5.41 Å². The van der Waals surface area contributed by atoms with E-state index in [0.717, 1.165) is 9.40 Å². The van der Waals surface area contributed by atoms with Crippen molar-refractivity contribution in [3.63, 3.8) is 0 Å². The van der Waals surface area contributed by atoms with Crippen LogP contribution < -0.4 is 5.32 Å². The van der Waals surface area contributed by atoms with Gasteiger partial charge in [0.25, 0.3) is 5.91 Å². The molecule has 0 fully saturated rings. The Morgan fingerprint density at radius 1 is 1.32 bits per heavy atom. The lowest BCUT2D eigenvalue weighted by Gasteiger charge is -2.27. The van der Waals surface area contributed by atoms with Gasteiger partial charge < -0.3 is 10.4 Å². The molecule has 0 aliphatic carbocycles. The summed E-state index contributed by atoms with van der Waals surface area (Å²) < 4.78 is 2.11. The van der Waals surface area contributed by atoms with E-state index in [1.54, 1.807) is 32.1 Å². The van der Waals surface area contributed by atoms with Crippen molar-refractivity contribution >= 4 is 43.9 Å². The van der Waals surface area contributed by atoms with E-state index in [0.29, 0.717) is 4.88 Å². The number of rotatable bonds is 3. The molecule has 0 aromatic carbocycles. The van der Waals surface area contributed by atoms with Gasteiger partial charge in [-0.2, -0.15) is 0 Å². The molecule has 102 valence electrons. The van der Waals surface area contributed by atoms with Crippen molar-refractivity contribution in [1.29, 1.82) is 0 Å². The van der Waals surface area contributed by atoms with Gasteiger partial charge in [-0.3, -0.25) is 4.79 Å². The molecule has 0 aliphatic heterocycles. The van der Waals surface area contributed by atoms with Gasteiger partial charge in [0.2, 0.25) is 0 Å². The Labute approximate surface area is 119 Å². The van der Waals surface area contributed by atoms with E-state index in [4.69, 9.17) is 0 Å². The van der Waals surface area contributed by atoms with E-state index in [-0.39, 0.29) is 5.91 Å². The maximum atomic E-state index is 12.1. The SMILES string of the molecule is CC(C)(C)C(NC(=O)c1cc2sccc2s1)C(=O)O. The van der Waals surface area contributed by atoms with Crippen molar-refractivity contribution in [3.05, 3.63) is 22.4 Å². The predicted octanol–water partition coefficient (Wildman–Crippen LogP) is 3.19. The van der Waals surface area contributed by atoms with Gasteiger partial charge in [-0.25, -0.2) is 4.79 Å². The van der Waals surface area contributed by atoms with Gasteiger partial charge in [-0.15, -0.1) is 22.7 Å². The molecule has 0 aliphatic rings. The zero-order valence-electron chi connectivity index (χ0n) is 10.9. The second-order valence-corrected chi connectivity index (χ2v) is 7.40. The first-order valence-electron chi connectivity index (χ1n) is 5.80. The van der Waals surface area contributed by atoms with E-state index in [1.807, 2.05) is 17.5 Å². The fourth-order valence-electron chi connectivity index (χ4n) is 1.73. The molecular formula is C13H15NO3S2. The Morgan fingerprint density at radius 2 is 2.00 bits per heavy atom. The van der Waals surface area contributed by atoms with Crippen LogP contribution in [-0.2, 0) is 4.79 Å². The molecule has 2 rings (SSSR count). The number of hydrogen-bond donors (Lipinski definition) is 2. The monoisotopic (exact) mass is 297 g/mol. The number of carboxylic acids is 1. The summed E-state index contributed by atoms with van der Waals surface area (Å²) in [5.74, 6) is -1.34. The molecule has 1 unspecified atom stereocenters. The van der Waals surface area contributed by atoms with Gasteiger partial charge in [-0.05, 0) is 22.9 Å². The van der Waals surface area contributed by atoms with Gasteiger partial charge in [0.1, 0.15) is 6.04 Å². The fourth-order valence-corrected chi connectivity index (χ4v) is 3.74. The van der Waals surface area contributed by atoms with Crippen LogP contribution in [0.4, 0.5) is 0 Å². The minimum atomic E-state index is -1.01. The number of carboxylic acid groups (broad SMARTS) is 1. The summed E-state index contributed by atoms with van der Waals surface area (Å²) in [5.41, 5.74) is -0.532. The molecular weight excluding hydrogens is 282 g/mol. The molecule has 2 aromatic heterocycles. The minimum absolute atomic E-state index is 0.323. The summed E-state index contributed by atoms with van der Waals surface area (Å²) in [6.45, 7) is 5.37. The normalized spacial score (nSPS) is 13.4. The quantitative estimate of drug-likeness (QED) is 0.914. The van der Waals surface area contributed by atoms with Crippen LogP contribution in [0.1, 0.15) is 30.4 Å². The van der Waals surface area contributed by atoms with Crippen LogP contribution in [0, 0.1) is 5.41 Å². The third-order valence-corrected chi connectivity index (χ3v) is 4.84. The molecule has 1 amide bonds. The van der Waals surface area contributed by atoms with Crippen LogP contribution in [-0.4, -0.2) is 23.0 Å². The number of amides is 1. The van der Waals surface area contributed by atoms with Crippen LogP contribution in [0.15, 0.2) is 17.5 Å². The zero-order valence-corrected chi connectivity index (χ0v) is 12.5. The summed E-state index contributed by atoms with van der Waals surface area (Å²) in [7, 11) is 0. The first-order valence-corrected chi connectivity index (χ1v) is 7.49. The van der Waals surface area contributed by atoms with Gasteiger partial charge in [0, 0.05) is 9.40 Å². The summed E-state index contributed by atoms with van der Waals surface area (Å²) >= 11 is 2.95. The molecule has 2 N–H and O–H groups in total. The smallest absolute Gasteiger partial charge is 0.326 e. The molecule has 19 heavy (non-hydrogen) atoms. The van der Waals surface area contributed by atoms with Crippen molar-refractivity contribution in [2.75, 3.05) is 0 Å². The highest BCUT2D eigenvalue weighted by Crippen LogP contribution is 2.30. The lowest BCUT2D eigenvalue weighted by atomic mass is 9.87. The maximum absolute atomic E-state index is 12.1. The van der Waals surface area contributed by atoms with Crippen LogP contribution in [0.5, 0.6) is 0 Å². The first-order chi connectivity index (χ1) is 8.79. The summed E-state index contributed by atoms with van der Waals surface area (Å²) in [4.78, 5) is 23.9. The number of aliphatic carboxylic acids is 1. The summed E-state index contributed by atoms with van der Waals surface area (Å²) in [5, 5.41) is 13.8. The second kappa shape index (κ2) is 4.94. The molecule has 2 aromatic rings. The summed E-state index contributed by atoms with van der Waals surface area (Å²) in [6, 6.07) is 2.86. The van der Waals surface area contributed by atoms with Gasteiger partial charge in [0.15, 0.2) is 0 Å². The fraction of sp³-hybridized carbons (Fsp3) is 0.385. The topological polar surface area (TPSA) is 66.4 Å².